The number of halogens is 3. The van der Waals surface area contributed by atoms with Crippen molar-refractivity contribution in [1.82, 2.24) is 0 Å². The fraction of sp³-hybridized carbons (Fsp3) is 0. The Morgan fingerprint density at radius 1 is 1.00 bits per heavy atom. The lowest BCUT2D eigenvalue weighted by Crippen LogP contribution is -1.76. The number of hydrogen-bond acceptors (Lipinski definition) is 0. The first-order valence-electron chi connectivity index (χ1n) is 0.655. The summed E-state index contributed by atoms with van der Waals surface area (Å²) in [5.74, 6) is 0. The molecule has 0 nitrogen and oxygen atoms in total. The Kier molecular flexibility index (Phi) is 9.60. The Labute approximate surface area is 49.3 Å². The van der Waals surface area contributed by atoms with Crippen LogP contribution in [0.2, 0.25) is 0 Å². The summed E-state index contributed by atoms with van der Waals surface area (Å²) in [5.41, 5.74) is 0. The third-order valence-corrected chi connectivity index (χ3v) is 0. The van der Waals surface area contributed by atoms with E-state index in [-0.39, 0.29) is 23.1 Å². The maximum absolute atomic E-state index is 9.81. The van der Waals surface area contributed by atoms with Gasteiger partial charge in [-0.2, -0.15) is 0 Å². The molecule has 0 aliphatic carbocycles. The Balaban J connectivity index is 0. The van der Waals surface area contributed by atoms with Crippen LogP contribution in [0.25, 0.3) is 0 Å². The summed E-state index contributed by atoms with van der Waals surface area (Å²) in [4.78, 5) is 0. The Hall–Kier alpha value is 1.09. The molecule has 0 aliphatic heterocycles. The van der Waals surface area contributed by atoms with Gasteiger partial charge >= 0.3 is 38.6 Å². The van der Waals surface area contributed by atoms with Crippen molar-refractivity contribution in [2.75, 3.05) is 0 Å². The lowest BCUT2D eigenvalue weighted by atomic mass is 18.6. The molecule has 0 unspecified atom stereocenters. The summed E-state index contributed by atoms with van der Waals surface area (Å²) in [7, 11) is 0. The second-order valence-corrected chi connectivity index (χ2v) is 0.742. The van der Waals surface area contributed by atoms with Crippen LogP contribution >= 0.6 is 0 Å². The van der Waals surface area contributed by atoms with Crippen LogP contribution in [-0.4, -0.2) is 38.6 Å². The Morgan fingerprint density at radius 2 is 1.00 bits per heavy atom. The summed E-state index contributed by atoms with van der Waals surface area (Å²) in [5, 5.41) is 0. The zero-order chi connectivity index (χ0) is 3.58. The summed E-state index contributed by atoms with van der Waals surface area (Å²) >= 11 is -4.64. The average Bonchev–Trinajstić information content (AvgIpc) is 0.811. The molecule has 0 atom stereocenters. The maximum Gasteiger partial charge on any atom is 1.04 e. The molecule has 0 radical (unpaired) electrons. The molecular formula is H2AlF3Mg. The van der Waals surface area contributed by atoms with E-state index in [2.05, 4.69) is 0 Å². The van der Waals surface area contributed by atoms with Crippen molar-refractivity contribution in [3.63, 3.8) is 0 Å². The van der Waals surface area contributed by atoms with Gasteiger partial charge in [-0.05, 0) is 0 Å². The monoisotopic (exact) mass is 110 g/mol. The van der Waals surface area contributed by atoms with E-state index in [1.54, 1.807) is 0 Å². The van der Waals surface area contributed by atoms with E-state index in [4.69, 9.17) is 0 Å². The molecule has 0 aliphatic rings. The SMILES string of the molecule is [F][Al]([F])[F].[MgH2]. The van der Waals surface area contributed by atoms with Crippen molar-refractivity contribution < 1.29 is 10.6 Å². The summed E-state index contributed by atoms with van der Waals surface area (Å²) in [6.45, 7) is 0. The van der Waals surface area contributed by atoms with Gasteiger partial charge < -0.3 is 10.6 Å². The normalized spacial score (nSPS) is 5.40. The molecule has 0 bridgehead atoms. The molecule has 0 fully saturated rings. The first-order valence-corrected chi connectivity index (χ1v) is 1.96. The van der Waals surface area contributed by atoms with Gasteiger partial charge in [0, 0.05) is 0 Å². The van der Waals surface area contributed by atoms with E-state index >= 15 is 0 Å². The van der Waals surface area contributed by atoms with Gasteiger partial charge in [0.1, 0.15) is 0 Å². The largest absolute Gasteiger partial charge is 1.04 e. The zero-order valence-corrected chi connectivity index (χ0v) is 2.87. The average molecular weight is 110 g/mol. The highest BCUT2D eigenvalue weighted by Gasteiger charge is 2.21. The van der Waals surface area contributed by atoms with Crippen LogP contribution < -0.4 is 0 Å². The van der Waals surface area contributed by atoms with Gasteiger partial charge in [-0.1, -0.05) is 0 Å². The first-order chi connectivity index (χ1) is 1.73. The lowest BCUT2D eigenvalue weighted by Gasteiger charge is -1.52. The van der Waals surface area contributed by atoms with Crippen LogP contribution in [0.4, 0.5) is 10.6 Å². The summed E-state index contributed by atoms with van der Waals surface area (Å²) < 4.78 is 29.4. The second kappa shape index (κ2) is 5.09. The molecule has 5 heavy (non-hydrogen) atoms. The van der Waals surface area contributed by atoms with Crippen LogP contribution in [0, 0.1) is 0 Å². The first kappa shape index (κ1) is 9.43. The number of rotatable bonds is 0. The molecule has 0 saturated carbocycles. The molecule has 0 aromatic heterocycles. The molecule has 0 rings (SSSR count). The van der Waals surface area contributed by atoms with Gasteiger partial charge in [0.25, 0.3) is 0 Å². The van der Waals surface area contributed by atoms with Crippen LogP contribution in [0.15, 0.2) is 0 Å². The Morgan fingerprint density at radius 3 is 1.00 bits per heavy atom. The molecule has 0 amide bonds. The predicted molar refractivity (Wildman–Crippen MR) is 17.6 cm³/mol. The standard InChI is InChI=1S/Al.3FH.Mg.2H/h;3*1H;;;/q+3;;;;;;/p-3. The van der Waals surface area contributed by atoms with Crippen molar-refractivity contribution in [3.8, 4) is 0 Å². The van der Waals surface area contributed by atoms with Crippen molar-refractivity contribution in [2.24, 2.45) is 0 Å². The maximum atomic E-state index is 9.81. The van der Waals surface area contributed by atoms with E-state index < -0.39 is 15.5 Å². The molecule has 0 spiro atoms. The number of hydrogen-bond donors (Lipinski definition) is 0. The Bertz CT molecular complexity index is 11.6. The van der Waals surface area contributed by atoms with Crippen LogP contribution in [0.1, 0.15) is 0 Å². The minimum absolute atomic E-state index is 0. The van der Waals surface area contributed by atoms with Crippen molar-refractivity contribution in [2.45, 2.75) is 0 Å². The fourth-order valence-electron chi connectivity index (χ4n) is 0. The van der Waals surface area contributed by atoms with Gasteiger partial charge in [-0.25, -0.2) is 0 Å². The van der Waals surface area contributed by atoms with E-state index in [1.807, 2.05) is 0 Å². The highest BCUT2D eigenvalue weighted by atomic mass is 27.3. The zero-order valence-electron chi connectivity index (χ0n) is 1.71. The molecule has 5 heteroatoms. The fourth-order valence-corrected chi connectivity index (χ4v) is 0. The highest BCUT2D eigenvalue weighted by Crippen LogP contribution is 1.80. The van der Waals surface area contributed by atoms with Gasteiger partial charge in [-0.15, -0.1) is 0 Å². The van der Waals surface area contributed by atoms with Crippen LogP contribution in [0.3, 0.4) is 0 Å². The summed E-state index contributed by atoms with van der Waals surface area (Å²) in [6, 6.07) is 0. The second-order valence-electron chi connectivity index (χ2n) is 0.247. The molecule has 0 N–H and O–H groups in total. The van der Waals surface area contributed by atoms with Crippen molar-refractivity contribution in [1.29, 1.82) is 0 Å². The van der Waals surface area contributed by atoms with Crippen molar-refractivity contribution >= 4 is 38.6 Å². The van der Waals surface area contributed by atoms with Gasteiger partial charge in [0.15, 0.2) is 0 Å². The molecule has 28 valence electrons. The molecule has 0 aromatic carbocycles. The van der Waals surface area contributed by atoms with E-state index in [1.165, 1.54) is 0 Å². The van der Waals surface area contributed by atoms with Gasteiger partial charge in [0.2, 0.25) is 0 Å². The molecular weight excluding hydrogens is 108 g/mol. The van der Waals surface area contributed by atoms with Gasteiger partial charge in [0.05, 0.1) is 0 Å². The quantitative estimate of drug-likeness (QED) is 0.384. The van der Waals surface area contributed by atoms with E-state index in [0.29, 0.717) is 0 Å². The molecule has 0 saturated heterocycles. The minimum Gasteiger partial charge on any atom is -0.346 e. The van der Waals surface area contributed by atoms with Crippen LogP contribution in [-0.2, 0) is 0 Å². The van der Waals surface area contributed by atoms with Crippen LogP contribution in [0.5, 0.6) is 0 Å². The van der Waals surface area contributed by atoms with E-state index in [9.17, 15) is 10.6 Å². The predicted octanol–water partition coefficient (Wildman–Crippen LogP) is -0.0364. The minimum atomic E-state index is -4.64. The topological polar surface area (TPSA) is 0 Å². The summed E-state index contributed by atoms with van der Waals surface area (Å²) in [6.07, 6.45) is 0. The lowest BCUT2D eigenvalue weighted by molar-refractivity contribution is 0.535. The van der Waals surface area contributed by atoms with E-state index in [0.717, 1.165) is 0 Å². The third-order valence-electron chi connectivity index (χ3n) is 0. The third kappa shape index (κ3) is 41.0. The smallest absolute Gasteiger partial charge is 0.346 e. The molecule has 0 aromatic rings. The highest BCUT2D eigenvalue weighted by molar-refractivity contribution is 6.33. The van der Waals surface area contributed by atoms with Gasteiger partial charge in [-0.3, -0.25) is 0 Å². The van der Waals surface area contributed by atoms with Crippen molar-refractivity contribution in [3.05, 3.63) is 0 Å². The molecule has 0 heterocycles.